The standard InChI is InChI=1S/C63H102N20O21/c1-28(69-45(85)22-24-47(88)89)49(91)70-29(2)50(92)71-31(4)52(94)76-37(10)58(100)82-43(21-23-46(86)87)61(103)79-35(8)56(98)74-33(6)53(95)75-36(9)57(99)81-42(15-12-13-25-64)60(102)78-34(7)55(97)73-30(3)51(93)72-32(5)54(96)77-38(11)59(101)83-44(27-39-17-19-40(84)20-18-39)62(104)80-41(48(65)90)16-14-26-68-63(66)67/h17-20,28-38,41-44,84H,12-16,21-27,64H2,1-11H3,(H2,65,90)(H,69,85)(H,70,91)(H,71,92)(H,72,93)(H,73,97)(H,74,98)(H,75,95)(H,76,94)(H,77,96)(H,78,102)(H,79,103)(H,80,104)(H,81,99)(H,82,100)(H,83,101)(H,86,87)(H,88,89)(H4,66,67,68)/t28-,29-,30-,31-,32-,33-,34-,35-,36-,37-,38-,41-,42-,43-,44-/m0/s1. The van der Waals surface area contributed by atoms with Gasteiger partial charge in [-0.1, -0.05) is 12.1 Å². The molecule has 0 radical (unpaired) electrons. The normalized spacial score (nSPS) is 15.2. The molecule has 0 spiro atoms. The van der Waals surface area contributed by atoms with Crippen LogP contribution in [0.4, 0.5) is 0 Å². The molecule has 1 rings (SSSR count). The third-order valence-electron chi connectivity index (χ3n) is 15.3. The van der Waals surface area contributed by atoms with Crippen molar-refractivity contribution >= 4 is 112 Å². The highest BCUT2D eigenvalue weighted by Gasteiger charge is 2.34. The van der Waals surface area contributed by atoms with Gasteiger partial charge in [-0.15, -0.1) is 0 Å². The van der Waals surface area contributed by atoms with Crippen molar-refractivity contribution in [2.24, 2.45) is 27.9 Å². The number of phenols is 1. The summed E-state index contributed by atoms with van der Waals surface area (Å²) in [6, 6.07) is -14.5. The van der Waals surface area contributed by atoms with Gasteiger partial charge in [0, 0.05) is 25.8 Å². The number of guanidine groups is 1. The van der Waals surface area contributed by atoms with Gasteiger partial charge in [-0.05, 0) is 139 Å². The number of aliphatic carboxylic acids is 2. The number of carboxylic acid groups (broad SMARTS) is 2. The lowest BCUT2D eigenvalue weighted by Gasteiger charge is -2.25. The molecule has 0 saturated carbocycles. The zero-order valence-corrected chi connectivity index (χ0v) is 59.9. The average Bonchev–Trinajstić information content (AvgIpc) is 0.873. The number of rotatable bonds is 46. The smallest absolute Gasteiger partial charge is 0.303 e. The number of nitrogens with two attached hydrogens (primary N) is 4. The molecule has 0 aliphatic heterocycles. The SMILES string of the molecule is C[C@H](NC(=O)CCC(=O)O)C(=O)N[C@@H](C)C(=O)N[C@@H](C)C(=O)N[C@@H](C)C(=O)N[C@@H](CCC(=O)O)C(=O)N[C@@H](C)C(=O)N[C@@H](C)C(=O)N[C@@H](C)C(=O)N[C@@H](CCCCN)C(=O)N[C@@H](C)C(=O)N[C@@H](C)C(=O)N[C@@H](C)C(=O)N[C@@H](C)C(=O)N[C@@H](Cc1ccc(O)cc1)C(=O)N[C@@H](CCCN=C(N)N)C(N)=O. The first-order valence-electron chi connectivity index (χ1n) is 33.3. The van der Waals surface area contributed by atoms with E-state index in [1.165, 1.54) is 100 Å². The van der Waals surface area contributed by atoms with Gasteiger partial charge in [-0.25, -0.2) is 0 Å². The zero-order chi connectivity index (χ0) is 79.4. The number of carbonyl (C=O) groups is 18. The van der Waals surface area contributed by atoms with Gasteiger partial charge in [0.2, 0.25) is 94.5 Å². The minimum atomic E-state index is -1.61. The monoisotopic (exact) mass is 1470 g/mol. The quantitative estimate of drug-likeness (QED) is 0.0164. The molecular formula is C63H102N20O21. The third-order valence-corrected chi connectivity index (χ3v) is 15.3. The van der Waals surface area contributed by atoms with Gasteiger partial charge in [-0.3, -0.25) is 91.3 Å². The maximum Gasteiger partial charge on any atom is 0.303 e. The van der Waals surface area contributed by atoms with E-state index >= 15 is 0 Å². The van der Waals surface area contributed by atoms with Gasteiger partial charge in [0.05, 0.1) is 6.42 Å². The van der Waals surface area contributed by atoms with Crippen LogP contribution in [0.15, 0.2) is 29.3 Å². The molecule has 15 atom stereocenters. The zero-order valence-electron chi connectivity index (χ0n) is 59.9. The molecule has 41 heteroatoms. The Bertz CT molecular complexity index is 3260. The number of aliphatic imine (C=N–C) groups is 1. The maximum atomic E-state index is 13.7. The molecule has 41 nitrogen and oxygen atoms in total. The fraction of sp³-hybridized carbons (Fsp3) is 0.603. The lowest BCUT2D eigenvalue weighted by Crippen LogP contribution is -2.59. The average molecular weight is 1480 g/mol. The molecule has 0 fully saturated rings. The molecule has 0 bridgehead atoms. The van der Waals surface area contributed by atoms with Crippen LogP contribution in [0.2, 0.25) is 0 Å². The minimum absolute atomic E-state index is 0.00912. The fourth-order valence-corrected chi connectivity index (χ4v) is 8.92. The van der Waals surface area contributed by atoms with Crippen molar-refractivity contribution in [3.05, 3.63) is 29.8 Å². The number of carbonyl (C=O) groups excluding carboxylic acids is 16. The van der Waals surface area contributed by atoms with Crippen LogP contribution in [0.5, 0.6) is 5.75 Å². The van der Waals surface area contributed by atoms with Crippen LogP contribution >= 0.6 is 0 Å². The van der Waals surface area contributed by atoms with Crippen LogP contribution in [-0.2, 0) is 92.7 Å². The number of phenolic OH excluding ortho intramolecular Hbond substituents is 1. The maximum absolute atomic E-state index is 13.7. The number of amides is 16. The van der Waals surface area contributed by atoms with Crippen molar-refractivity contribution in [3.8, 4) is 5.75 Å². The van der Waals surface area contributed by atoms with Crippen LogP contribution in [0.25, 0.3) is 0 Å². The van der Waals surface area contributed by atoms with E-state index < -0.39 is 223 Å². The largest absolute Gasteiger partial charge is 0.508 e. The Labute approximate surface area is 599 Å². The van der Waals surface area contributed by atoms with Crippen molar-refractivity contribution < 1.29 is 102 Å². The van der Waals surface area contributed by atoms with Gasteiger partial charge in [0.15, 0.2) is 5.96 Å². The topological polar surface area (TPSA) is 665 Å². The predicted molar refractivity (Wildman–Crippen MR) is 369 cm³/mol. The summed E-state index contributed by atoms with van der Waals surface area (Å²) in [5, 5.41) is 63.8. The Balaban J connectivity index is 2.92. The van der Waals surface area contributed by atoms with Crippen molar-refractivity contribution in [1.29, 1.82) is 0 Å². The first-order chi connectivity index (χ1) is 48.5. The number of nitrogens with one attached hydrogen (secondary N) is 15. The molecule has 580 valence electrons. The summed E-state index contributed by atoms with van der Waals surface area (Å²) >= 11 is 0. The fourth-order valence-electron chi connectivity index (χ4n) is 8.92. The van der Waals surface area contributed by atoms with Crippen molar-refractivity contribution in [2.45, 2.75) is 231 Å². The molecule has 16 amide bonds. The summed E-state index contributed by atoms with van der Waals surface area (Å²) in [5.74, 6) is -17.1. The number of primary amides is 1. The Hall–Kier alpha value is -11.3. The first kappa shape index (κ1) is 90.7. The van der Waals surface area contributed by atoms with E-state index in [0.717, 1.165) is 0 Å². The summed E-state index contributed by atoms with van der Waals surface area (Å²) in [6.45, 7) is 14.1. The highest BCUT2D eigenvalue weighted by Crippen LogP contribution is 2.13. The Morgan fingerprint density at radius 3 is 0.933 bits per heavy atom. The summed E-state index contributed by atoms with van der Waals surface area (Å²) in [4.78, 5) is 236. The van der Waals surface area contributed by atoms with E-state index in [1.807, 2.05) is 0 Å². The van der Waals surface area contributed by atoms with Gasteiger partial charge in [0.25, 0.3) is 0 Å². The van der Waals surface area contributed by atoms with E-state index in [2.05, 4.69) is 84.7 Å². The number of aromatic hydroxyl groups is 1. The van der Waals surface area contributed by atoms with Gasteiger partial charge in [0.1, 0.15) is 96.4 Å². The minimum Gasteiger partial charge on any atom is -0.508 e. The van der Waals surface area contributed by atoms with Crippen molar-refractivity contribution in [2.75, 3.05) is 13.1 Å². The molecule has 0 unspecified atom stereocenters. The van der Waals surface area contributed by atoms with Crippen molar-refractivity contribution in [3.63, 3.8) is 0 Å². The highest BCUT2D eigenvalue weighted by molar-refractivity contribution is 6.00. The van der Waals surface area contributed by atoms with E-state index in [-0.39, 0.29) is 50.5 Å². The number of benzene rings is 1. The van der Waals surface area contributed by atoms with Gasteiger partial charge in [-0.2, -0.15) is 0 Å². The van der Waals surface area contributed by atoms with E-state index in [9.17, 15) is 96.5 Å². The number of unbranched alkanes of at least 4 members (excludes halogenated alkanes) is 1. The lowest BCUT2D eigenvalue weighted by atomic mass is 10.0. The summed E-state index contributed by atoms with van der Waals surface area (Å²) in [5.41, 5.74) is 22.4. The molecule has 0 aliphatic rings. The van der Waals surface area contributed by atoms with Gasteiger partial charge < -0.3 is 118 Å². The third kappa shape index (κ3) is 34.9. The molecule has 26 N–H and O–H groups in total. The number of nitrogens with zero attached hydrogens (tertiary/aromatic N) is 1. The number of hydrogen-bond donors (Lipinski definition) is 22. The molecule has 104 heavy (non-hydrogen) atoms. The van der Waals surface area contributed by atoms with Crippen LogP contribution in [-0.4, -0.2) is 231 Å². The molecule has 1 aromatic rings. The first-order valence-corrected chi connectivity index (χ1v) is 33.3. The molecule has 0 aromatic heterocycles. The lowest BCUT2D eigenvalue weighted by molar-refractivity contribution is -0.139. The van der Waals surface area contributed by atoms with E-state index in [0.29, 0.717) is 18.4 Å². The Morgan fingerprint density at radius 1 is 0.337 bits per heavy atom. The number of carboxylic acids is 2. The Kier molecular flexibility index (Phi) is 39.7. The van der Waals surface area contributed by atoms with Crippen LogP contribution in [0, 0.1) is 0 Å². The molecule has 0 aliphatic carbocycles. The van der Waals surface area contributed by atoms with E-state index in [1.54, 1.807) is 0 Å². The summed E-state index contributed by atoms with van der Waals surface area (Å²) in [7, 11) is 0. The van der Waals surface area contributed by atoms with E-state index in [4.69, 9.17) is 28.0 Å². The van der Waals surface area contributed by atoms with Crippen LogP contribution in [0.3, 0.4) is 0 Å². The summed E-state index contributed by atoms with van der Waals surface area (Å²) < 4.78 is 0. The second kappa shape index (κ2) is 45.6. The second-order valence-electron chi connectivity index (χ2n) is 24.7. The van der Waals surface area contributed by atoms with Gasteiger partial charge >= 0.3 is 11.9 Å². The second-order valence-corrected chi connectivity index (χ2v) is 24.7. The van der Waals surface area contributed by atoms with Crippen LogP contribution in [0.1, 0.15) is 140 Å². The number of hydrogen-bond acceptors (Lipinski definition) is 21. The molecule has 1 aromatic carbocycles. The molecule has 0 saturated heterocycles. The summed E-state index contributed by atoms with van der Waals surface area (Å²) in [6.07, 6.45) is -1.20. The highest BCUT2D eigenvalue weighted by atomic mass is 16.4. The van der Waals surface area contributed by atoms with Crippen LogP contribution < -0.4 is 103 Å². The predicted octanol–water partition coefficient (Wildman–Crippen LogP) is -8.18. The van der Waals surface area contributed by atoms with Crippen molar-refractivity contribution in [1.82, 2.24) is 79.8 Å². The Morgan fingerprint density at radius 2 is 0.615 bits per heavy atom. The molecular weight excluding hydrogens is 1370 g/mol. The molecule has 0 heterocycles.